The largest absolute Gasteiger partial charge is 0.465 e. The number of carbonyl (C=O) groups excluding carboxylic acids is 1. The van der Waals surface area contributed by atoms with Gasteiger partial charge in [0.2, 0.25) is 5.91 Å². The number of hydrogen-bond acceptors (Lipinski definition) is 2. The average molecular weight is 304 g/mol. The van der Waals surface area contributed by atoms with Crippen molar-refractivity contribution < 1.29 is 14.7 Å². The van der Waals surface area contributed by atoms with Gasteiger partial charge in [-0.05, 0) is 24.3 Å². The molecule has 0 aliphatic carbocycles. The van der Waals surface area contributed by atoms with Crippen molar-refractivity contribution in [3.8, 4) is 0 Å². The Bertz CT molecular complexity index is 520. The van der Waals surface area contributed by atoms with Crippen LogP contribution in [0.25, 0.3) is 0 Å². The number of hydrogen-bond donors (Lipinski definition) is 2. The van der Waals surface area contributed by atoms with Crippen molar-refractivity contribution in [1.29, 1.82) is 0 Å². The van der Waals surface area contributed by atoms with Gasteiger partial charge in [-0.2, -0.15) is 0 Å². The summed E-state index contributed by atoms with van der Waals surface area (Å²) in [5.74, 6) is 0.397. The Morgan fingerprint density at radius 2 is 1.82 bits per heavy atom. The first-order chi connectivity index (χ1) is 10.5. The Kier molecular flexibility index (Phi) is 5.06. The van der Waals surface area contributed by atoms with Gasteiger partial charge in [-0.15, -0.1) is 0 Å². The number of nitrogens with zero attached hydrogens (tertiary/aromatic N) is 1. The van der Waals surface area contributed by atoms with Crippen LogP contribution in [0.2, 0.25) is 0 Å². The van der Waals surface area contributed by atoms with Gasteiger partial charge < -0.3 is 15.3 Å². The molecule has 1 fully saturated rings. The van der Waals surface area contributed by atoms with Crippen molar-refractivity contribution in [3.05, 3.63) is 35.9 Å². The summed E-state index contributed by atoms with van der Waals surface area (Å²) in [6.07, 6.45) is 0.129. The van der Waals surface area contributed by atoms with Gasteiger partial charge in [0.1, 0.15) is 0 Å². The van der Waals surface area contributed by atoms with Crippen LogP contribution in [-0.2, 0) is 10.2 Å². The third-order valence-electron chi connectivity index (χ3n) is 4.32. The van der Waals surface area contributed by atoms with E-state index in [9.17, 15) is 9.59 Å². The summed E-state index contributed by atoms with van der Waals surface area (Å²) >= 11 is 0. The summed E-state index contributed by atoms with van der Waals surface area (Å²) in [4.78, 5) is 25.3. The molecule has 1 heterocycles. The fourth-order valence-corrected chi connectivity index (χ4v) is 2.95. The Morgan fingerprint density at radius 3 is 2.32 bits per heavy atom. The number of likely N-dealkylation sites (tertiary alicyclic amines) is 1. The molecule has 5 nitrogen and oxygen atoms in total. The van der Waals surface area contributed by atoms with E-state index >= 15 is 0 Å². The zero-order valence-corrected chi connectivity index (χ0v) is 13.2. The second kappa shape index (κ2) is 6.81. The predicted molar refractivity (Wildman–Crippen MR) is 84.8 cm³/mol. The molecule has 0 radical (unpaired) electrons. The monoisotopic (exact) mass is 304 g/mol. The van der Waals surface area contributed by atoms with Crippen LogP contribution in [0.15, 0.2) is 30.3 Å². The maximum absolute atomic E-state index is 12.8. The van der Waals surface area contributed by atoms with Crippen molar-refractivity contribution in [1.82, 2.24) is 10.2 Å². The van der Waals surface area contributed by atoms with Crippen LogP contribution < -0.4 is 5.32 Å². The number of carbonyl (C=O) groups is 2. The lowest BCUT2D eigenvalue weighted by molar-refractivity contribution is -0.128. The number of benzene rings is 1. The molecule has 120 valence electrons. The van der Waals surface area contributed by atoms with Crippen molar-refractivity contribution in [2.75, 3.05) is 19.6 Å². The molecule has 2 rings (SSSR count). The van der Waals surface area contributed by atoms with E-state index in [-0.39, 0.29) is 5.91 Å². The van der Waals surface area contributed by atoms with Crippen LogP contribution >= 0.6 is 0 Å². The first kappa shape index (κ1) is 16.3. The van der Waals surface area contributed by atoms with E-state index in [0.29, 0.717) is 38.4 Å². The lowest BCUT2D eigenvalue weighted by atomic mass is 9.72. The van der Waals surface area contributed by atoms with Crippen LogP contribution in [0.3, 0.4) is 0 Å². The number of carboxylic acid groups (broad SMARTS) is 1. The van der Waals surface area contributed by atoms with Crippen molar-refractivity contribution in [3.63, 3.8) is 0 Å². The number of amides is 2. The molecule has 0 spiro atoms. The van der Waals surface area contributed by atoms with Gasteiger partial charge in [-0.3, -0.25) is 4.79 Å². The molecule has 0 aromatic heterocycles. The lowest BCUT2D eigenvalue weighted by Crippen LogP contribution is -2.53. The highest BCUT2D eigenvalue weighted by Crippen LogP contribution is 2.36. The van der Waals surface area contributed by atoms with E-state index in [0.717, 1.165) is 5.56 Å². The summed E-state index contributed by atoms with van der Waals surface area (Å²) in [6, 6.07) is 9.71. The highest BCUT2D eigenvalue weighted by molar-refractivity contribution is 5.88. The molecule has 5 heteroatoms. The zero-order chi connectivity index (χ0) is 16.2. The Morgan fingerprint density at radius 1 is 1.23 bits per heavy atom. The highest BCUT2D eigenvalue weighted by Gasteiger charge is 2.43. The third kappa shape index (κ3) is 3.40. The smallest absolute Gasteiger partial charge is 0.407 e. The zero-order valence-electron chi connectivity index (χ0n) is 13.2. The maximum Gasteiger partial charge on any atom is 0.407 e. The lowest BCUT2D eigenvalue weighted by Gasteiger charge is -2.40. The molecule has 0 unspecified atom stereocenters. The first-order valence-electron chi connectivity index (χ1n) is 7.77. The molecular formula is C17H24N2O3. The fourth-order valence-electron chi connectivity index (χ4n) is 2.95. The standard InChI is InChI=1S/C17H24N2O3/c1-13(2)12-18-15(20)17(14-6-4-3-5-7-14)8-10-19(11-9-17)16(21)22/h3-7,13H,8-12H2,1-2H3,(H,18,20)(H,21,22). The minimum Gasteiger partial charge on any atom is -0.465 e. The molecule has 0 atom stereocenters. The normalized spacial score (nSPS) is 17.3. The first-order valence-corrected chi connectivity index (χ1v) is 7.77. The molecule has 1 saturated heterocycles. The number of rotatable bonds is 4. The topological polar surface area (TPSA) is 69.6 Å². The van der Waals surface area contributed by atoms with Crippen LogP contribution in [0.5, 0.6) is 0 Å². The van der Waals surface area contributed by atoms with Crippen LogP contribution in [-0.4, -0.2) is 41.6 Å². The van der Waals surface area contributed by atoms with Crippen LogP contribution in [0.1, 0.15) is 32.3 Å². The molecule has 1 aliphatic heterocycles. The summed E-state index contributed by atoms with van der Waals surface area (Å²) in [6.45, 7) is 5.53. The Hall–Kier alpha value is -2.04. The van der Waals surface area contributed by atoms with Gasteiger partial charge in [-0.1, -0.05) is 44.2 Å². The van der Waals surface area contributed by atoms with E-state index in [1.54, 1.807) is 0 Å². The van der Waals surface area contributed by atoms with Crippen molar-refractivity contribution >= 4 is 12.0 Å². The minimum absolute atomic E-state index is 0.0115. The summed E-state index contributed by atoms with van der Waals surface area (Å²) in [5.41, 5.74) is 0.351. The molecular weight excluding hydrogens is 280 g/mol. The molecule has 1 aliphatic rings. The Labute approximate surface area is 131 Å². The van der Waals surface area contributed by atoms with E-state index in [1.807, 2.05) is 30.3 Å². The second-order valence-corrected chi connectivity index (χ2v) is 6.32. The average Bonchev–Trinajstić information content (AvgIpc) is 2.53. The van der Waals surface area contributed by atoms with Gasteiger partial charge >= 0.3 is 6.09 Å². The molecule has 0 bridgehead atoms. The third-order valence-corrected chi connectivity index (χ3v) is 4.32. The van der Waals surface area contributed by atoms with E-state index in [2.05, 4.69) is 19.2 Å². The summed E-state index contributed by atoms with van der Waals surface area (Å²) in [5, 5.41) is 12.1. The van der Waals surface area contributed by atoms with Crippen LogP contribution in [0.4, 0.5) is 4.79 Å². The van der Waals surface area contributed by atoms with E-state index in [4.69, 9.17) is 5.11 Å². The van der Waals surface area contributed by atoms with Gasteiger partial charge in [0.15, 0.2) is 0 Å². The second-order valence-electron chi connectivity index (χ2n) is 6.32. The van der Waals surface area contributed by atoms with E-state index < -0.39 is 11.5 Å². The molecule has 2 amide bonds. The van der Waals surface area contributed by atoms with Gasteiger partial charge in [0, 0.05) is 19.6 Å². The molecule has 2 N–H and O–H groups in total. The SMILES string of the molecule is CC(C)CNC(=O)C1(c2ccccc2)CCN(C(=O)O)CC1. The Balaban J connectivity index is 2.23. The van der Waals surface area contributed by atoms with Gasteiger partial charge in [0.05, 0.1) is 5.41 Å². The van der Waals surface area contributed by atoms with Crippen LogP contribution in [0, 0.1) is 5.92 Å². The molecule has 0 saturated carbocycles. The minimum atomic E-state index is -0.913. The fraction of sp³-hybridized carbons (Fsp3) is 0.529. The van der Waals surface area contributed by atoms with Crippen molar-refractivity contribution in [2.45, 2.75) is 32.1 Å². The van der Waals surface area contributed by atoms with Gasteiger partial charge in [-0.25, -0.2) is 4.79 Å². The number of nitrogens with one attached hydrogen (secondary N) is 1. The summed E-state index contributed by atoms with van der Waals surface area (Å²) < 4.78 is 0. The molecule has 1 aromatic rings. The quantitative estimate of drug-likeness (QED) is 0.898. The molecule has 22 heavy (non-hydrogen) atoms. The number of piperidine rings is 1. The van der Waals surface area contributed by atoms with E-state index in [1.165, 1.54) is 4.90 Å². The summed E-state index contributed by atoms with van der Waals surface area (Å²) in [7, 11) is 0. The van der Waals surface area contributed by atoms with Gasteiger partial charge in [0.25, 0.3) is 0 Å². The maximum atomic E-state index is 12.8. The highest BCUT2D eigenvalue weighted by atomic mass is 16.4. The molecule has 1 aromatic carbocycles. The van der Waals surface area contributed by atoms with Crippen molar-refractivity contribution in [2.24, 2.45) is 5.92 Å². The predicted octanol–water partition coefficient (Wildman–Crippen LogP) is 2.47.